The first-order valence-corrected chi connectivity index (χ1v) is 11.7. The van der Waals surface area contributed by atoms with Gasteiger partial charge in [0.1, 0.15) is 0 Å². The molecule has 4 heteroatoms. The van der Waals surface area contributed by atoms with Crippen LogP contribution in [0.5, 0.6) is 0 Å². The van der Waals surface area contributed by atoms with E-state index < -0.39 is 0 Å². The van der Waals surface area contributed by atoms with Gasteiger partial charge in [-0.2, -0.15) is 0 Å². The van der Waals surface area contributed by atoms with Gasteiger partial charge in [-0.05, 0) is 60.0 Å². The average molecular weight is 401 g/mol. The molecule has 0 atom stereocenters. The second-order valence-electron chi connectivity index (χ2n) is 6.83. The summed E-state index contributed by atoms with van der Waals surface area (Å²) in [5, 5.41) is 4.32. The highest BCUT2D eigenvalue weighted by Crippen LogP contribution is 2.46. The van der Waals surface area contributed by atoms with E-state index in [0.29, 0.717) is 0 Å². The van der Waals surface area contributed by atoms with Gasteiger partial charge in [-0.15, -0.1) is 45.3 Å². The molecule has 0 bridgehead atoms. The molecule has 128 valence electrons. The molecule has 0 N–H and O–H groups in total. The Morgan fingerprint density at radius 2 is 1.16 bits per heavy atom. The lowest BCUT2D eigenvalue weighted by atomic mass is 9.89. The highest BCUT2D eigenvalue weighted by atomic mass is 32.1. The fourth-order valence-corrected chi connectivity index (χ4v) is 7.49. The summed E-state index contributed by atoms with van der Waals surface area (Å²) in [6.07, 6.45) is 0. The fourth-order valence-electron chi connectivity index (χ4n) is 3.01. The van der Waals surface area contributed by atoms with Gasteiger partial charge in [0.2, 0.25) is 0 Å². The molecular weight excluding hydrogens is 380 g/mol. The Balaban J connectivity index is 1.75. The summed E-state index contributed by atoms with van der Waals surface area (Å²) >= 11 is 7.56. The topological polar surface area (TPSA) is 0 Å². The number of rotatable bonds is 4. The quantitative estimate of drug-likeness (QED) is 0.324. The van der Waals surface area contributed by atoms with Crippen molar-refractivity contribution in [3.05, 3.63) is 68.0 Å². The minimum absolute atomic E-state index is 0.0376. The van der Waals surface area contributed by atoms with Crippen molar-refractivity contribution in [1.82, 2.24) is 0 Å². The summed E-state index contributed by atoms with van der Waals surface area (Å²) in [4.78, 5) is 8.51. The Kier molecular flexibility index (Phi) is 4.49. The second kappa shape index (κ2) is 6.51. The molecule has 0 radical (unpaired) electrons. The molecule has 4 heterocycles. The molecule has 4 aromatic heterocycles. The Bertz CT molecular complexity index is 899. The zero-order chi connectivity index (χ0) is 17.6. The highest BCUT2D eigenvalue weighted by molar-refractivity contribution is 7.22. The summed E-state index contributed by atoms with van der Waals surface area (Å²) in [5.74, 6) is 0. The van der Waals surface area contributed by atoms with E-state index >= 15 is 0 Å². The molecular formula is C21H20S4. The Hall–Kier alpha value is -1.20. The SMILES string of the molecule is Cc1cc(C(C)(C)c2cc(C)c(-c3cccs3)s2)sc1-c1cccs1. The number of hydrogen-bond donors (Lipinski definition) is 0. The molecule has 25 heavy (non-hydrogen) atoms. The summed E-state index contributed by atoms with van der Waals surface area (Å²) in [5.41, 5.74) is 2.82. The Morgan fingerprint density at radius 3 is 1.52 bits per heavy atom. The van der Waals surface area contributed by atoms with Crippen LogP contribution in [0.4, 0.5) is 0 Å². The van der Waals surface area contributed by atoms with Crippen molar-refractivity contribution in [2.24, 2.45) is 0 Å². The maximum atomic E-state index is 2.39. The lowest BCUT2D eigenvalue weighted by Crippen LogP contribution is -2.15. The molecule has 0 aliphatic rings. The highest BCUT2D eigenvalue weighted by Gasteiger charge is 2.29. The van der Waals surface area contributed by atoms with E-state index in [1.165, 1.54) is 40.4 Å². The molecule has 0 nitrogen and oxygen atoms in total. The Morgan fingerprint density at radius 1 is 0.720 bits per heavy atom. The van der Waals surface area contributed by atoms with Crippen molar-refractivity contribution in [3.63, 3.8) is 0 Å². The summed E-state index contributed by atoms with van der Waals surface area (Å²) in [6.45, 7) is 9.20. The molecule has 0 fully saturated rings. The maximum absolute atomic E-state index is 2.39. The van der Waals surface area contributed by atoms with Crippen molar-refractivity contribution in [2.75, 3.05) is 0 Å². The molecule has 0 aromatic carbocycles. The average Bonchev–Trinajstić information content (AvgIpc) is 3.34. The second-order valence-corrected chi connectivity index (χ2v) is 10.8. The molecule has 4 rings (SSSR count). The first-order valence-electron chi connectivity index (χ1n) is 8.26. The minimum atomic E-state index is 0.0376. The molecule has 0 aliphatic carbocycles. The standard InChI is InChI=1S/C21H20S4/c1-13-11-17(24-19(13)15-7-5-9-22-15)21(3,4)18-12-14(2)20(25-18)16-8-6-10-23-16/h5-12H,1-4H3. The Labute approximate surface area is 165 Å². The van der Waals surface area contributed by atoms with Crippen molar-refractivity contribution in [3.8, 4) is 19.5 Å². The summed E-state index contributed by atoms with van der Waals surface area (Å²) in [6, 6.07) is 13.5. The van der Waals surface area contributed by atoms with Crippen LogP contribution in [0, 0.1) is 13.8 Å². The van der Waals surface area contributed by atoms with Crippen LogP contribution in [0.15, 0.2) is 47.2 Å². The van der Waals surface area contributed by atoms with Crippen LogP contribution < -0.4 is 0 Å². The van der Waals surface area contributed by atoms with E-state index in [-0.39, 0.29) is 5.41 Å². The van der Waals surface area contributed by atoms with E-state index in [4.69, 9.17) is 0 Å². The molecule has 0 saturated carbocycles. The van der Waals surface area contributed by atoms with Gasteiger partial charge in [-0.25, -0.2) is 0 Å². The van der Waals surface area contributed by atoms with Crippen molar-refractivity contribution in [2.45, 2.75) is 33.1 Å². The zero-order valence-electron chi connectivity index (χ0n) is 14.8. The number of thiophene rings is 4. The van der Waals surface area contributed by atoms with Crippen molar-refractivity contribution >= 4 is 45.3 Å². The van der Waals surface area contributed by atoms with Crippen LogP contribution in [0.2, 0.25) is 0 Å². The lowest BCUT2D eigenvalue weighted by Gasteiger charge is -2.21. The predicted octanol–water partition coefficient (Wildman–Crippen LogP) is 8.21. The van der Waals surface area contributed by atoms with E-state index in [1.54, 1.807) is 0 Å². The first-order chi connectivity index (χ1) is 12.0. The molecule has 0 unspecified atom stereocenters. The number of aryl methyl sites for hydroxylation is 2. The normalized spacial score (nSPS) is 12.0. The van der Waals surface area contributed by atoms with E-state index in [9.17, 15) is 0 Å². The number of hydrogen-bond acceptors (Lipinski definition) is 4. The lowest BCUT2D eigenvalue weighted by molar-refractivity contribution is 0.670. The van der Waals surface area contributed by atoms with Gasteiger partial charge in [0, 0.05) is 34.7 Å². The first kappa shape index (κ1) is 17.2. The molecule has 0 saturated heterocycles. The fraction of sp³-hybridized carbons (Fsp3) is 0.238. The minimum Gasteiger partial charge on any atom is -0.143 e. The van der Waals surface area contributed by atoms with Crippen LogP contribution in [-0.2, 0) is 5.41 Å². The van der Waals surface area contributed by atoms with E-state index in [2.05, 4.69) is 74.9 Å². The van der Waals surface area contributed by atoms with Gasteiger partial charge in [-0.1, -0.05) is 26.0 Å². The van der Waals surface area contributed by atoms with Crippen molar-refractivity contribution < 1.29 is 0 Å². The van der Waals surface area contributed by atoms with Crippen molar-refractivity contribution in [1.29, 1.82) is 0 Å². The van der Waals surface area contributed by atoms with Crippen LogP contribution >= 0.6 is 45.3 Å². The molecule has 0 amide bonds. The molecule has 4 aromatic rings. The summed E-state index contributed by atoms with van der Waals surface area (Å²) < 4.78 is 0. The van der Waals surface area contributed by atoms with Gasteiger partial charge in [-0.3, -0.25) is 0 Å². The molecule has 0 spiro atoms. The van der Waals surface area contributed by atoms with Gasteiger partial charge >= 0.3 is 0 Å². The van der Waals surface area contributed by atoms with Crippen LogP contribution in [0.1, 0.15) is 34.7 Å². The molecule has 0 aliphatic heterocycles. The van der Waals surface area contributed by atoms with E-state index in [0.717, 1.165) is 0 Å². The monoisotopic (exact) mass is 400 g/mol. The van der Waals surface area contributed by atoms with Crippen LogP contribution in [-0.4, -0.2) is 0 Å². The maximum Gasteiger partial charge on any atom is 0.0474 e. The van der Waals surface area contributed by atoms with Gasteiger partial charge in [0.15, 0.2) is 0 Å². The third-order valence-corrected chi connectivity index (χ3v) is 9.78. The third kappa shape index (κ3) is 3.06. The predicted molar refractivity (Wildman–Crippen MR) is 117 cm³/mol. The van der Waals surface area contributed by atoms with E-state index in [1.807, 2.05) is 45.3 Å². The smallest absolute Gasteiger partial charge is 0.0474 e. The van der Waals surface area contributed by atoms with Crippen LogP contribution in [0.3, 0.4) is 0 Å². The summed E-state index contributed by atoms with van der Waals surface area (Å²) in [7, 11) is 0. The van der Waals surface area contributed by atoms with Gasteiger partial charge in [0.25, 0.3) is 0 Å². The van der Waals surface area contributed by atoms with Crippen LogP contribution in [0.25, 0.3) is 19.5 Å². The van der Waals surface area contributed by atoms with Gasteiger partial charge in [0.05, 0.1) is 0 Å². The largest absolute Gasteiger partial charge is 0.143 e. The van der Waals surface area contributed by atoms with Gasteiger partial charge < -0.3 is 0 Å². The third-order valence-electron chi connectivity index (χ3n) is 4.56. The zero-order valence-corrected chi connectivity index (χ0v) is 18.0.